The number of methoxy groups -OCH3 is 1. The molecule has 32 heavy (non-hydrogen) atoms. The number of nitrogens with zero attached hydrogens (tertiary/aromatic N) is 1. The van der Waals surface area contributed by atoms with Crippen LogP contribution in [0.3, 0.4) is 0 Å². The highest BCUT2D eigenvalue weighted by Gasteiger charge is 2.14. The summed E-state index contributed by atoms with van der Waals surface area (Å²) in [6, 6.07) is 7.90. The van der Waals surface area contributed by atoms with E-state index in [1.807, 2.05) is 0 Å². The molecule has 0 aromatic heterocycles. The number of hydrogen-bond acceptors (Lipinski definition) is 7. The van der Waals surface area contributed by atoms with Gasteiger partial charge in [0.1, 0.15) is 6.61 Å². The van der Waals surface area contributed by atoms with Crippen LogP contribution in [-0.2, 0) is 4.79 Å². The topological polar surface area (TPSA) is 121 Å². The molecule has 170 valence electrons. The molecule has 0 spiro atoms. The Labute approximate surface area is 190 Å². The molecule has 0 bridgehead atoms. The van der Waals surface area contributed by atoms with Crippen molar-refractivity contribution in [2.24, 2.45) is 10.8 Å². The number of ether oxygens (including phenoxy) is 4. The first kappa shape index (κ1) is 24.5. The number of halogens is 1. The third kappa shape index (κ3) is 6.92. The summed E-state index contributed by atoms with van der Waals surface area (Å²) in [7, 11) is 1.48. The van der Waals surface area contributed by atoms with E-state index in [0.717, 1.165) is 0 Å². The summed E-state index contributed by atoms with van der Waals surface area (Å²) in [4.78, 5) is 23.4. The fraction of sp³-hybridized carbons (Fsp3) is 0.227. The minimum absolute atomic E-state index is 0.194. The standard InChI is InChI=1S/C22H24ClN3O6/c1-4-8-31-17-7-6-15(11-18(17)29-3)22(28)26-25-12-14-9-16(23)21(32-13-20(24)27)19(10-14)30-5-2/h4,6-7,9-12H,1,5,8,13H2,2-3H3,(H2,24,27)(H,26,28)/b25-12+. The van der Waals surface area contributed by atoms with Crippen LogP contribution in [0.4, 0.5) is 0 Å². The van der Waals surface area contributed by atoms with E-state index in [2.05, 4.69) is 17.1 Å². The predicted molar refractivity (Wildman–Crippen MR) is 121 cm³/mol. The van der Waals surface area contributed by atoms with Gasteiger partial charge in [-0.2, -0.15) is 5.10 Å². The summed E-state index contributed by atoms with van der Waals surface area (Å²) in [5.41, 5.74) is 8.40. The summed E-state index contributed by atoms with van der Waals surface area (Å²) in [6.45, 7) is 5.69. The second kappa shape index (κ2) is 12.2. The molecule has 0 aliphatic carbocycles. The van der Waals surface area contributed by atoms with Crippen LogP contribution in [0, 0.1) is 0 Å². The first-order valence-corrected chi connectivity index (χ1v) is 9.90. The van der Waals surface area contributed by atoms with E-state index in [1.165, 1.54) is 19.4 Å². The predicted octanol–water partition coefficient (Wildman–Crippen LogP) is 2.94. The van der Waals surface area contributed by atoms with Crippen LogP contribution in [-0.4, -0.2) is 45.0 Å². The van der Waals surface area contributed by atoms with Gasteiger partial charge in [0.2, 0.25) is 0 Å². The zero-order chi connectivity index (χ0) is 23.5. The average Bonchev–Trinajstić information content (AvgIpc) is 2.77. The van der Waals surface area contributed by atoms with E-state index < -0.39 is 11.8 Å². The molecule has 9 nitrogen and oxygen atoms in total. The van der Waals surface area contributed by atoms with Gasteiger partial charge < -0.3 is 24.7 Å². The van der Waals surface area contributed by atoms with Gasteiger partial charge in [0.25, 0.3) is 11.8 Å². The molecule has 2 amide bonds. The van der Waals surface area contributed by atoms with Gasteiger partial charge in [0.05, 0.1) is 25.0 Å². The van der Waals surface area contributed by atoms with Crippen molar-refractivity contribution in [3.05, 3.63) is 59.1 Å². The Bertz CT molecular complexity index is 1010. The second-order valence-corrected chi connectivity index (χ2v) is 6.59. The third-order valence-electron chi connectivity index (χ3n) is 3.85. The van der Waals surface area contributed by atoms with Crippen LogP contribution < -0.4 is 30.1 Å². The number of carbonyl (C=O) groups is 2. The number of hydrogen-bond donors (Lipinski definition) is 2. The summed E-state index contributed by atoms with van der Waals surface area (Å²) >= 11 is 6.24. The molecule has 2 aromatic rings. The highest BCUT2D eigenvalue weighted by atomic mass is 35.5. The Morgan fingerprint density at radius 3 is 2.59 bits per heavy atom. The smallest absolute Gasteiger partial charge is 0.271 e. The quantitative estimate of drug-likeness (QED) is 0.285. The number of primary amides is 1. The molecule has 10 heteroatoms. The molecule has 0 atom stereocenters. The molecule has 0 fully saturated rings. The number of nitrogens with one attached hydrogen (secondary N) is 1. The lowest BCUT2D eigenvalue weighted by atomic mass is 10.2. The largest absolute Gasteiger partial charge is 0.493 e. The molecule has 0 saturated heterocycles. The number of rotatable bonds is 12. The summed E-state index contributed by atoms with van der Waals surface area (Å²) in [5, 5.41) is 4.15. The average molecular weight is 462 g/mol. The van der Waals surface area contributed by atoms with E-state index in [1.54, 1.807) is 37.3 Å². The lowest BCUT2D eigenvalue weighted by molar-refractivity contribution is -0.119. The minimum Gasteiger partial charge on any atom is -0.493 e. The molecule has 2 aromatic carbocycles. The highest BCUT2D eigenvalue weighted by molar-refractivity contribution is 6.32. The molecular weight excluding hydrogens is 438 g/mol. The van der Waals surface area contributed by atoms with Gasteiger partial charge in [-0.1, -0.05) is 24.3 Å². The van der Waals surface area contributed by atoms with Crippen molar-refractivity contribution in [1.29, 1.82) is 0 Å². The Kier molecular flexibility index (Phi) is 9.37. The minimum atomic E-state index is -0.645. The monoisotopic (exact) mass is 461 g/mol. The van der Waals surface area contributed by atoms with Crippen molar-refractivity contribution in [2.45, 2.75) is 6.92 Å². The van der Waals surface area contributed by atoms with Crippen molar-refractivity contribution in [3.63, 3.8) is 0 Å². The fourth-order valence-electron chi connectivity index (χ4n) is 2.52. The zero-order valence-electron chi connectivity index (χ0n) is 17.7. The number of amides is 2. The lowest BCUT2D eigenvalue weighted by Crippen LogP contribution is -2.20. The lowest BCUT2D eigenvalue weighted by Gasteiger charge is -2.13. The SMILES string of the molecule is C=CCOc1ccc(C(=O)N/N=C/c2cc(Cl)c(OCC(N)=O)c(OCC)c2)cc1OC. The van der Waals surface area contributed by atoms with Gasteiger partial charge in [-0.3, -0.25) is 9.59 Å². The Balaban J connectivity index is 2.13. The maximum absolute atomic E-state index is 12.4. The van der Waals surface area contributed by atoms with Crippen LogP contribution in [0.5, 0.6) is 23.0 Å². The fourth-order valence-corrected chi connectivity index (χ4v) is 2.79. The summed E-state index contributed by atoms with van der Waals surface area (Å²) in [5.74, 6) is 0.307. The Hall–Kier alpha value is -3.72. The summed E-state index contributed by atoms with van der Waals surface area (Å²) < 4.78 is 21.6. The normalized spacial score (nSPS) is 10.5. The molecule has 0 aliphatic rings. The van der Waals surface area contributed by atoms with Crippen LogP contribution in [0.25, 0.3) is 0 Å². The van der Waals surface area contributed by atoms with Crippen molar-refractivity contribution >= 4 is 29.6 Å². The molecular formula is C22H24ClN3O6. The number of hydrazone groups is 1. The first-order valence-electron chi connectivity index (χ1n) is 9.52. The van der Waals surface area contributed by atoms with Gasteiger partial charge in [-0.05, 0) is 42.8 Å². The van der Waals surface area contributed by atoms with Crippen molar-refractivity contribution in [2.75, 3.05) is 26.9 Å². The van der Waals surface area contributed by atoms with Crippen molar-refractivity contribution in [3.8, 4) is 23.0 Å². The van der Waals surface area contributed by atoms with Gasteiger partial charge in [0, 0.05) is 5.56 Å². The Morgan fingerprint density at radius 1 is 1.16 bits per heavy atom. The van der Waals surface area contributed by atoms with E-state index in [4.69, 9.17) is 36.3 Å². The molecule has 2 rings (SSSR count). The molecule has 0 aliphatic heterocycles. The second-order valence-electron chi connectivity index (χ2n) is 6.18. The van der Waals surface area contributed by atoms with Crippen LogP contribution in [0.15, 0.2) is 48.1 Å². The van der Waals surface area contributed by atoms with Gasteiger partial charge in [0.15, 0.2) is 29.6 Å². The van der Waals surface area contributed by atoms with Crippen molar-refractivity contribution < 1.29 is 28.5 Å². The van der Waals surface area contributed by atoms with Crippen LogP contribution in [0.1, 0.15) is 22.8 Å². The van der Waals surface area contributed by atoms with Crippen LogP contribution >= 0.6 is 11.6 Å². The number of nitrogens with two attached hydrogens (primary N) is 1. The van der Waals surface area contributed by atoms with Gasteiger partial charge >= 0.3 is 0 Å². The number of carbonyl (C=O) groups excluding carboxylic acids is 2. The Morgan fingerprint density at radius 2 is 1.94 bits per heavy atom. The van der Waals surface area contributed by atoms with E-state index in [0.29, 0.717) is 41.6 Å². The number of benzene rings is 2. The van der Waals surface area contributed by atoms with Crippen molar-refractivity contribution in [1.82, 2.24) is 5.43 Å². The molecule has 0 heterocycles. The van der Waals surface area contributed by atoms with Gasteiger partial charge in [-0.25, -0.2) is 5.43 Å². The van der Waals surface area contributed by atoms with Gasteiger partial charge in [-0.15, -0.1) is 0 Å². The third-order valence-corrected chi connectivity index (χ3v) is 4.13. The van der Waals surface area contributed by atoms with Crippen LogP contribution in [0.2, 0.25) is 5.02 Å². The first-order chi connectivity index (χ1) is 15.4. The highest BCUT2D eigenvalue weighted by Crippen LogP contribution is 2.36. The summed E-state index contributed by atoms with van der Waals surface area (Å²) in [6.07, 6.45) is 3.00. The molecule has 3 N–H and O–H groups in total. The van der Waals surface area contributed by atoms with E-state index >= 15 is 0 Å². The zero-order valence-corrected chi connectivity index (χ0v) is 18.5. The molecule has 0 radical (unpaired) electrons. The molecule has 0 unspecified atom stereocenters. The van der Waals surface area contributed by atoms with E-state index in [-0.39, 0.29) is 17.4 Å². The maximum Gasteiger partial charge on any atom is 0.271 e. The maximum atomic E-state index is 12.4. The van der Waals surface area contributed by atoms with E-state index in [9.17, 15) is 9.59 Å². The molecule has 0 saturated carbocycles.